The van der Waals surface area contributed by atoms with Crippen LogP contribution in [-0.2, 0) is 40.3 Å². The molecule has 1 aromatic heterocycles. The summed E-state index contributed by atoms with van der Waals surface area (Å²) in [6, 6.07) is 8.14. The smallest absolute Gasteiger partial charge is 0.227 e. The van der Waals surface area contributed by atoms with Crippen LogP contribution in [0.4, 0.5) is 0 Å². The van der Waals surface area contributed by atoms with E-state index in [0.29, 0.717) is 52.2 Å². The van der Waals surface area contributed by atoms with Crippen molar-refractivity contribution in [3.05, 3.63) is 41.5 Å². The topological polar surface area (TPSA) is 89.3 Å². The minimum absolute atomic E-state index is 0.00256. The normalized spacial score (nSPS) is 18.7. The molecule has 2 amide bonds. The van der Waals surface area contributed by atoms with Crippen LogP contribution < -0.4 is 5.32 Å². The molecule has 0 unspecified atom stereocenters. The molecule has 0 bridgehead atoms. The van der Waals surface area contributed by atoms with E-state index in [1.54, 1.807) is 11.8 Å². The highest BCUT2D eigenvalue weighted by Crippen LogP contribution is 2.17. The molecule has 30 heavy (non-hydrogen) atoms. The molecule has 0 aliphatic carbocycles. The van der Waals surface area contributed by atoms with Crippen molar-refractivity contribution in [2.75, 3.05) is 32.6 Å². The predicted octanol–water partition coefficient (Wildman–Crippen LogP) is 1.28. The number of rotatable bonds is 6. The molecule has 1 atom stereocenters. The van der Waals surface area contributed by atoms with Gasteiger partial charge < -0.3 is 19.5 Å². The highest BCUT2D eigenvalue weighted by molar-refractivity contribution is 7.98. The SMILES string of the molecule is CSc1ccc(CC(=O)N2CCc3nnc(CNC(=O)[C@@H]4CCOC4)n3CC2)cc1. The van der Waals surface area contributed by atoms with E-state index in [4.69, 9.17) is 4.74 Å². The molecule has 2 aliphatic rings. The van der Waals surface area contributed by atoms with Gasteiger partial charge in [-0.3, -0.25) is 9.59 Å². The van der Waals surface area contributed by atoms with Crippen LogP contribution in [-0.4, -0.2) is 64.0 Å². The van der Waals surface area contributed by atoms with Crippen molar-refractivity contribution in [3.8, 4) is 0 Å². The van der Waals surface area contributed by atoms with Gasteiger partial charge in [0.15, 0.2) is 5.82 Å². The second-order valence-corrected chi connectivity index (χ2v) is 8.50. The molecule has 3 heterocycles. The number of fused-ring (bicyclic) bond motifs is 1. The van der Waals surface area contributed by atoms with Gasteiger partial charge >= 0.3 is 0 Å². The van der Waals surface area contributed by atoms with Crippen molar-refractivity contribution in [1.82, 2.24) is 25.0 Å². The number of nitrogens with one attached hydrogen (secondary N) is 1. The first kappa shape index (κ1) is 20.9. The number of benzene rings is 1. The van der Waals surface area contributed by atoms with Crippen LogP contribution in [0.25, 0.3) is 0 Å². The third-order valence-electron chi connectivity index (χ3n) is 5.69. The minimum Gasteiger partial charge on any atom is -0.381 e. The lowest BCUT2D eigenvalue weighted by Crippen LogP contribution is -2.35. The second kappa shape index (κ2) is 9.61. The Kier molecular flexibility index (Phi) is 6.69. The lowest BCUT2D eigenvalue weighted by Gasteiger charge is -2.20. The Morgan fingerprint density at radius 2 is 2.03 bits per heavy atom. The molecule has 8 nitrogen and oxygen atoms in total. The molecule has 1 N–H and O–H groups in total. The van der Waals surface area contributed by atoms with Gasteiger partial charge in [-0.25, -0.2) is 0 Å². The van der Waals surface area contributed by atoms with Gasteiger partial charge in [0.05, 0.1) is 25.5 Å². The number of carbonyl (C=O) groups is 2. The molecule has 4 rings (SSSR count). The Morgan fingerprint density at radius 3 is 2.77 bits per heavy atom. The van der Waals surface area contributed by atoms with Crippen molar-refractivity contribution in [2.24, 2.45) is 5.92 Å². The number of hydrogen-bond donors (Lipinski definition) is 1. The zero-order valence-electron chi connectivity index (χ0n) is 17.2. The number of thioether (sulfide) groups is 1. The molecule has 2 aromatic rings. The van der Waals surface area contributed by atoms with E-state index >= 15 is 0 Å². The quantitative estimate of drug-likeness (QED) is 0.696. The maximum absolute atomic E-state index is 12.8. The maximum Gasteiger partial charge on any atom is 0.227 e. The summed E-state index contributed by atoms with van der Waals surface area (Å²) in [6.07, 6.45) is 3.87. The molecular weight excluding hydrogens is 402 g/mol. The van der Waals surface area contributed by atoms with Gasteiger partial charge in [0, 0.05) is 37.6 Å². The maximum atomic E-state index is 12.8. The van der Waals surface area contributed by atoms with Crippen LogP contribution >= 0.6 is 11.8 Å². The molecule has 0 spiro atoms. The van der Waals surface area contributed by atoms with Gasteiger partial charge in [-0.2, -0.15) is 0 Å². The van der Waals surface area contributed by atoms with E-state index in [2.05, 4.69) is 27.6 Å². The van der Waals surface area contributed by atoms with Crippen molar-refractivity contribution in [1.29, 1.82) is 0 Å². The third kappa shape index (κ3) is 4.84. The van der Waals surface area contributed by atoms with E-state index in [-0.39, 0.29) is 17.7 Å². The van der Waals surface area contributed by atoms with Crippen LogP contribution in [0, 0.1) is 5.92 Å². The molecule has 9 heteroatoms. The fraction of sp³-hybridized carbons (Fsp3) is 0.524. The van der Waals surface area contributed by atoms with Crippen LogP contribution in [0.1, 0.15) is 23.6 Å². The summed E-state index contributed by atoms with van der Waals surface area (Å²) in [5.41, 5.74) is 1.03. The summed E-state index contributed by atoms with van der Waals surface area (Å²) in [5, 5.41) is 11.5. The van der Waals surface area contributed by atoms with Crippen molar-refractivity contribution in [2.45, 2.75) is 37.2 Å². The van der Waals surface area contributed by atoms with E-state index in [1.165, 1.54) is 4.90 Å². The van der Waals surface area contributed by atoms with Crippen molar-refractivity contribution < 1.29 is 14.3 Å². The summed E-state index contributed by atoms with van der Waals surface area (Å²) >= 11 is 1.69. The molecule has 0 radical (unpaired) electrons. The standard InChI is InChI=1S/C21H27N5O3S/c1-30-17-4-2-15(3-5-17)12-20(27)25-8-6-18-23-24-19(26(18)10-9-25)13-22-21(28)16-7-11-29-14-16/h2-5,16H,6-14H2,1H3,(H,22,28)/t16-/m1/s1. The molecule has 2 aliphatic heterocycles. The van der Waals surface area contributed by atoms with Gasteiger partial charge in [0.1, 0.15) is 5.82 Å². The summed E-state index contributed by atoms with van der Waals surface area (Å²) < 4.78 is 7.31. The molecule has 1 fully saturated rings. The van der Waals surface area contributed by atoms with E-state index in [1.807, 2.05) is 27.9 Å². The number of hydrogen-bond acceptors (Lipinski definition) is 6. The highest BCUT2D eigenvalue weighted by atomic mass is 32.2. The van der Waals surface area contributed by atoms with Crippen molar-refractivity contribution in [3.63, 3.8) is 0 Å². The van der Waals surface area contributed by atoms with Crippen LogP contribution in [0.3, 0.4) is 0 Å². The molecule has 160 valence electrons. The number of aromatic nitrogens is 3. The number of carbonyl (C=O) groups excluding carboxylic acids is 2. The largest absolute Gasteiger partial charge is 0.381 e. The van der Waals surface area contributed by atoms with Crippen LogP contribution in [0.15, 0.2) is 29.2 Å². The minimum atomic E-state index is -0.0744. The Balaban J connectivity index is 1.32. The third-order valence-corrected chi connectivity index (χ3v) is 6.43. The van der Waals surface area contributed by atoms with Gasteiger partial charge in [0.25, 0.3) is 0 Å². The second-order valence-electron chi connectivity index (χ2n) is 7.62. The lowest BCUT2D eigenvalue weighted by atomic mass is 10.1. The Labute approximate surface area is 180 Å². The molecule has 1 aromatic carbocycles. The first-order valence-electron chi connectivity index (χ1n) is 10.3. The molecular formula is C21H27N5O3S. The Bertz CT molecular complexity index is 893. The summed E-state index contributed by atoms with van der Waals surface area (Å²) in [6.45, 7) is 3.36. The number of nitrogens with zero attached hydrogens (tertiary/aromatic N) is 4. The average molecular weight is 430 g/mol. The van der Waals surface area contributed by atoms with Crippen LogP contribution in [0.5, 0.6) is 0 Å². The highest BCUT2D eigenvalue weighted by Gasteiger charge is 2.25. The zero-order valence-corrected chi connectivity index (χ0v) is 18.0. The Hall–Kier alpha value is -2.39. The van der Waals surface area contributed by atoms with Gasteiger partial charge in [0.2, 0.25) is 11.8 Å². The van der Waals surface area contributed by atoms with Gasteiger partial charge in [-0.15, -0.1) is 22.0 Å². The first-order chi connectivity index (χ1) is 14.6. The summed E-state index contributed by atoms with van der Waals surface area (Å²) in [5.74, 6) is 1.65. The van der Waals surface area contributed by atoms with Gasteiger partial charge in [-0.1, -0.05) is 12.1 Å². The van der Waals surface area contributed by atoms with Crippen LogP contribution in [0.2, 0.25) is 0 Å². The number of ether oxygens (including phenoxy) is 1. The number of amides is 2. The summed E-state index contributed by atoms with van der Waals surface area (Å²) in [7, 11) is 0. The average Bonchev–Trinajstić information content (AvgIpc) is 3.38. The monoisotopic (exact) mass is 429 g/mol. The lowest BCUT2D eigenvalue weighted by molar-refractivity contribution is -0.130. The zero-order chi connectivity index (χ0) is 20.9. The predicted molar refractivity (Wildman–Crippen MR) is 113 cm³/mol. The summed E-state index contributed by atoms with van der Waals surface area (Å²) in [4.78, 5) is 28.1. The van der Waals surface area contributed by atoms with Crippen molar-refractivity contribution >= 4 is 23.6 Å². The Morgan fingerprint density at radius 1 is 1.20 bits per heavy atom. The first-order valence-corrected chi connectivity index (χ1v) is 11.5. The molecule has 0 saturated carbocycles. The fourth-order valence-corrected chi connectivity index (χ4v) is 4.25. The van der Waals surface area contributed by atoms with E-state index < -0.39 is 0 Å². The molecule has 1 saturated heterocycles. The van der Waals surface area contributed by atoms with Gasteiger partial charge in [-0.05, 0) is 30.4 Å². The van der Waals surface area contributed by atoms with E-state index in [9.17, 15) is 9.59 Å². The van der Waals surface area contributed by atoms with E-state index in [0.717, 1.165) is 23.6 Å². The fourth-order valence-electron chi connectivity index (χ4n) is 3.84.